The lowest BCUT2D eigenvalue weighted by molar-refractivity contribution is -0.126. The van der Waals surface area contributed by atoms with Crippen molar-refractivity contribution in [3.63, 3.8) is 0 Å². The van der Waals surface area contributed by atoms with Gasteiger partial charge in [0.15, 0.2) is 0 Å². The van der Waals surface area contributed by atoms with Crippen molar-refractivity contribution >= 4 is 29.9 Å². The van der Waals surface area contributed by atoms with Crippen molar-refractivity contribution in [1.82, 2.24) is 10.6 Å². The van der Waals surface area contributed by atoms with E-state index < -0.39 is 5.41 Å². The second-order valence-corrected chi connectivity index (χ2v) is 6.56. The maximum Gasteiger partial charge on any atom is 0.230 e. The van der Waals surface area contributed by atoms with E-state index in [1.807, 2.05) is 38.1 Å². The Bertz CT molecular complexity index is 491. The molecule has 0 bridgehead atoms. The summed E-state index contributed by atoms with van der Waals surface area (Å²) in [5.74, 6) is 0.0460. The van der Waals surface area contributed by atoms with Crippen molar-refractivity contribution in [3.8, 4) is 0 Å². The summed E-state index contributed by atoms with van der Waals surface area (Å²) >= 11 is 6.23. The monoisotopic (exact) mass is 330 g/mol. The zero-order chi connectivity index (χ0) is 14.8. The first-order chi connectivity index (χ1) is 9.41. The van der Waals surface area contributed by atoms with Crippen LogP contribution in [0.15, 0.2) is 24.3 Å². The molecule has 5 heteroatoms. The summed E-state index contributed by atoms with van der Waals surface area (Å²) in [6, 6.07) is 8.26. The minimum atomic E-state index is -0.619. The number of hydrogen-bond donors (Lipinski definition) is 2. The van der Waals surface area contributed by atoms with E-state index in [4.69, 9.17) is 11.6 Å². The highest BCUT2D eigenvalue weighted by Gasteiger charge is 2.33. The number of rotatable bonds is 3. The summed E-state index contributed by atoms with van der Waals surface area (Å²) < 4.78 is 0. The molecule has 0 aliphatic carbocycles. The van der Waals surface area contributed by atoms with Crippen LogP contribution in [0, 0.1) is 0 Å². The molecule has 1 saturated heterocycles. The fourth-order valence-corrected chi connectivity index (χ4v) is 3.09. The van der Waals surface area contributed by atoms with Crippen molar-refractivity contribution in [1.29, 1.82) is 0 Å². The van der Waals surface area contributed by atoms with Gasteiger partial charge in [0.1, 0.15) is 0 Å². The number of piperidine rings is 1. The van der Waals surface area contributed by atoms with Gasteiger partial charge >= 0.3 is 0 Å². The van der Waals surface area contributed by atoms with Crippen LogP contribution in [-0.2, 0) is 10.2 Å². The fraction of sp³-hybridized carbons (Fsp3) is 0.562. The molecule has 1 amide bonds. The molecule has 0 radical (unpaired) electrons. The first-order valence-electron chi connectivity index (χ1n) is 7.20. The van der Waals surface area contributed by atoms with Crippen LogP contribution < -0.4 is 10.6 Å². The first-order valence-corrected chi connectivity index (χ1v) is 7.58. The summed E-state index contributed by atoms with van der Waals surface area (Å²) in [4.78, 5) is 12.6. The topological polar surface area (TPSA) is 41.1 Å². The molecule has 1 aromatic rings. The average Bonchev–Trinajstić information content (AvgIpc) is 2.39. The third-order valence-electron chi connectivity index (χ3n) is 4.07. The Balaban J connectivity index is 0.00000220. The maximum atomic E-state index is 12.6. The molecule has 1 aliphatic heterocycles. The molecule has 2 rings (SSSR count). The summed E-state index contributed by atoms with van der Waals surface area (Å²) in [6.07, 6.45) is 1.96. The molecule has 0 aromatic heterocycles. The van der Waals surface area contributed by atoms with Gasteiger partial charge in [0.25, 0.3) is 0 Å². The van der Waals surface area contributed by atoms with Crippen LogP contribution in [0.4, 0.5) is 0 Å². The smallest absolute Gasteiger partial charge is 0.230 e. The molecule has 3 nitrogen and oxygen atoms in total. The maximum absolute atomic E-state index is 12.6. The normalized spacial score (nSPS) is 22.3. The highest BCUT2D eigenvalue weighted by molar-refractivity contribution is 6.31. The van der Waals surface area contributed by atoms with Crippen LogP contribution in [0.2, 0.25) is 5.02 Å². The van der Waals surface area contributed by atoms with Crippen LogP contribution >= 0.6 is 24.0 Å². The Hall–Kier alpha value is -0.770. The second kappa shape index (κ2) is 7.48. The lowest BCUT2D eigenvalue weighted by atomic mass is 9.83. The summed E-state index contributed by atoms with van der Waals surface area (Å²) in [6.45, 7) is 6.96. The Morgan fingerprint density at radius 2 is 2.05 bits per heavy atom. The third kappa shape index (κ3) is 4.35. The van der Waals surface area contributed by atoms with Gasteiger partial charge in [-0.15, -0.1) is 12.4 Å². The lowest BCUT2D eigenvalue weighted by Crippen LogP contribution is -2.50. The molecule has 0 saturated carbocycles. The minimum Gasteiger partial charge on any atom is -0.353 e. The molecular weight excluding hydrogens is 307 g/mol. The summed E-state index contributed by atoms with van der Waals surface area (Å²) in [5, 5.41) is 7.21. The van der Waals surface area contributed by atoms with Crippen molar-refractivity contribution in [2.24, 2.45) is 0 Å². The number of amides is 1. The Kier molecular flexibility index (Phi) is 6.51. The van der Waals surface area contributed by atoms with Crippen molar-refractivity contribution < 1.29 is 4.79 Å². The Morgan fingerprint density at radius 1 is 1.38 bits per heavy atom. The molecule has 1 aromatic carbocycles. The van der Waals surface area contributed by atoms with E-state index in [9.17, 15) is 4.79 Å². The van der Waals surface area contributed by atoms with E-state index in [0.29, 0.717) is 11.1 Å². The highest BCUT2D eigenvalue weighted by atomic mass is 35.5. The largest absolute Gasteiger partial charge is 0.353 e. The number of carbonyl (C=O) groups is 1. The minimum absolute atomic E-state index is 0. The molecule has 118 valence electrons. The van der Waals surface area contributed by atoms with Gasteiger partial charge in [-0.3, -0.25) is 4.79 Å². The molecule has 21 heavy (non-hydrogen) atoms. The zero-order valence-electron chi connectivity index (χ0n) is 12.8. The van der Waals surface area contributed by atoms with Crippen LogP contribution in [0.3, 0.4) is 0 Å². The van der Waals surface area contributed by atoms with Gasteiger partial charge < -0.3 is 10.6 Å². The van der Waals surface area contributed by atoms with E-state index >= 15 is 0 Å². The SMILES string of the molecule is CC1CC(NC(=O)C(C)(C)c2ccccc2Cl)CCN1.Cl. The Labute approximate surface area is 138 Å². The van der Waals surface area contributed by atoms with Crippen molar-refractivity contribution in [2.45, 2.75) is 51.1 Å². The Morgan fingerprint density at radius 3 is 2.67 bits per heavy atom. The van der Waals surface area contributed by atoms with Crippen molar-refractivity contribution in [2.75, 3.05) is 6.54 Å². The molecule has 2 atom stereocenters. The second-order valence-electron chi connectivity index (χ2n) is 6.15. The summed E-state index contributed by atoms with van der Waals surface area (Å²) in [5.41, 5.74) is 0.257. The standard InChI is InChI=1S/C16H23ClN2O.ClH/c1-11-10-12(8-9-18-11)19-15(20)16(2,3)13-6-4-5-7-14(13)17;/h4-7,11-12,18H,8-10H2,1-3H3,(H,19,20);1H. The molecular formula is C16H24Cl2N2O. The average molecular weight is 331 g/mol. The third-order valence-corrected chi connectivity index (χ3v) is 4.40. The van der Waals surface area contributed by atoms with Gasteiger partial charge in [-0.25, -0.2) is 0 Å². The molecule has 1 aliphatic rings. The number of nitrogens with one attached hydrogen (secondary N) is 2. The molecule has 2 N–H and O–H groups in total. The van der Waals surface area contributed by atoms with Crippen LogP contribution in [0.25, 0.3) is 0 Å². The molecule has 2 unspecified atom stereocenters. The highest BCUT2D eigenvalue weighted by Crippen LogP contribution is 2.30. The molecule has 1 fully saturated rings. The van der Waals surface area contributed by atoms with E-state index in [1.165, 1.54) is 0 Å². The van der Waals surface area contributed by atoms with Gasteiger partial charge in [-0.2, -0.15) is 0 Å². The number of hydrogen-bond acceptors (Lipinski definition) is 2. The van der Waals surface area contributed by atoms with Gasteiger partial charge in [-0.05, 0) is 51.8 Å². The van der Waals surface area contributed by atoms with E-state index in [1.54, 1.807) is 0 Å². The van der Waals surface area contributed by atoms with Crippen LogP contribution in [0.5, 0.6) is 0 Å². The quantitative estimate of drug-likeness (QED) is 0.892. The van der Waals surface area contributed by atoms with Gasteiger partial charge in [0, 0.05) is 17.1 Å². The van der Waals surface area contributed by atoms with Gasteiger partial charge in [0.2, 0.25) is 5.91 Å². The zero-order valence-corrected chi connectivity index (χ0v) is 14.4. The van der Waals surface area contributed by atoms with Gasteiger partial charge in [0.05, 0.1) is 5.41 Å². The van der Waals surface area contributed by atoms with E-state index in [-0.39, 0.29) is 24.4 Å². The summed E-state index contributed by atoms with van der Waals surface area (Å²) in [7, 11) is 0. The van der Waals surface area contributed by atoms with E-state index in [2.05, 4.69) is 17.6 Å². The predicted octanol–water partition coefficient (Wildman–Crippen LogP) is 3.30. The number of benzene rings is 1. The fourth-order valence-electron chi connectivity index (χ4n) is 2.72. The van der Waals surface area contributed by atoms with Crippen LogP contribution in [-0.4, -0.2) is 24.5 Å². The van der Waals surface area contributed by atoms with Gasteiger partial charge in [-0.1, -0.05) is 29.8 Å². The number of carbonyl (C=O) groups excluding carboxylic acids is 1. The first kappa shape index (κ1) is 18.3. The number of halogens is 2. The lowest BCUT2D eigenvalue weighted by Gasteiger charge is -2.32. The molecule has 0 spiro atoms. The van der Waals surface area contributed by atoms with E-state index in [0.717, 1.165) is 24.9 Å². The molecule has 1 heterocycles. The van der Waals surface area contributed by atoms with Crippen molar-refractivity contribution in [3.05, 3.63) is 34.9 Å². The predicted molar refractivity (Wildman–Crippen MR) is 90.4 cm³/mol. The van der Waals surface area contributed by atoms with Crippen LogP contribution in [0.1, 0.15) is 39.2 Å².